The van der Waals surface area contributed by atoms with Crippen LogP contribution in [0.25, 0.3) is 10.4 Å². The SMILES string of the molecule is C=C[C@H](OC)[C@@H](O[Si](C)(C)C(C)(C)C)[C@H](/C=C/CN=[N+]=[N-])O[Si](C)(C)C(C)(C)C. The summed E-state index contributed by atoms with van der Waals surface area (Å²) in [4.78, 5) is 2.83. The maximum absolute atomic E-state index is 8.59. The Morgan fingerprint density at radius 1 is 0.966 bits per heavy atom. The molecule has 0 saturated heterocycles. The number of hydrogen-bond acceptors (Lipinski definition) is 4. The highest BCUT2D eigenvalue weighted by atomic mass is 28.4. The third kappa shape index (κ3) is 8.40. The fraction of sp³-hybridized carbons (Fsp3) is 0.810. The van der Waals surface area contributed by atoms with Gasteiger partial charge in [-0.15, -0.1) is 6.58 Å². The van der Waals surface area contributed by atoms with Crippen LogP contribution in [0.3, 0.4) is 0 Å². The Morgan fingerprint density at radius 3 is 1.83 bits per heavy atom. The number of rotatable bonds is 11. The van der Waals surface area contributed by atoms with Crippen LogP contribution in [-0.4, -0.2) is 48.6 Å². The van der Waals surface area contributed by atoms with E-state index in [1.807, 2.05) is 12.2 Å². The summed E-state index contributed by atoms with van der Waals surface area (Å²) in [7, 11) is -2.54. The lowest BCUT2D eigenvalue weighted by Gasteiger charge is -2.45. The first-order chi connectivity index (χ1) is 13.0. The van der Waals surface area contributed by atoms with Crippen molar-refractivity contribution < 1.29 is 13.6 Å². The summed E-state index contributed by atoms with van der Waals surface area (Å²) in [5, 5.41) is 3.70. The first-order valence-corrected chi connectivity index (χ1v) is 16.0. The minimum absolute atomic E-state index is 0.0427. The van der Waals surface area contributed by atoms with Crippen molar-refractivity contribution in [1.82, 2.24) is 0 Å². The lowest BCUT2D eigenvalue weighted by Crippen LogP contribution is -2.54. The second-order valence-corrected chi connectivity index (χ2v) is 20.0. The van der Waals surface area contributed by atoms with Gasteiger partial charge in [0.05, 0.1) is 6.10 Å². The average Bonchev–Trinajstić information content (AvgIpc) is 2.55. The van der Waals surface area contributed by atoms with Crippen molar-refractivity contribution in [2.45, 2.75) is 96.1 Å². The number of azide groups is 1. The zero-order chi connectivity index (χ0) is 23.1. The molecular formula is C21H43N3O3Si2. The molecule has 0 amide bonds. The molecule has 0 heterocycles. The van der Waals surface area contributed by atoms with Gasteiger partial charge in [0, 0.05) is 18.6 Å². The molecule has 0 saturated carbocycles. The molecule has 0 bridgehead atoms. The van der Waals surface area contributed by atoms with E-state index in [0.717, 1.165) is 0 Å². The Hall–Kier alpha value is -0.896. The van der Waals surface area contributed by atoms with Gasteiger partial charge in [0.15, 0.2) is 16.6 Å². The summed E-state index contributed by atoms with van der Waals surface area (Å²) in [5.41, 5.74) is 8.59. The Morgan fingerprint density at radius 2 is 1.45 bits per heavy atom. The van der Waals surface area contributed by atoms with Crippen molar-refractivity contribution in [3.05, 3.63) is 35.2 Å². The molecule has 0 unspecified atom stereocenters. The molecule has 168 valence electrons. The molecule has 0 N–H and O–H groups in total. The van der Waals surface area contributed by atoms with Crippen LogP contribution in [0.5, 0.6) is 0 Å². The summed E-state index contributed by atoms with van der Waals surface area (Å²) in [6.45, 7) is 26.4. The molecule has 0 aromatic heterocycles. The minimum atomic E-state index is -2.11. The standard InChI is InChI=1S/C21H43N3O3Si2/c1-13-17(25-8)19(27-29(11,12)21(5,6)7)18(15-14-16-23-24-22)26-28(9,10)20(2,3)4/h13-15,17-19H,1,16H2,2-12H3/b15-14+/t17-,18-,19+/m0/s1. The molecule has 0 aliphatic carbocycles. The highest BCUT2D eigenvalue weighted by Crippen LogP contribution is 2.41. The zero-order valence-electron chi connectivity index (χ0n) is 20.4. The van der Waals surface area contributed by atoms with E-state index in [2.05, 4.69) is 84.3 Å². The van der Waals surface area contributed by atoms with Gasteiger partial charge in [0.25, 0.3) is 0 Å². The molecule has 3 atom stereocenters. The second-order valence-electron chi connectivity index (χ2n) is 10.5. The second kappa shape index (κ2) is 10.9. The van der Waals surface area contributed by atoms with Gasteiger partial charge in [-0.2, -0.15) is 0 Å². The van der Waals surface area contributed by atoms with Crippen molar-refractivity contribution in [3.63, 3.8) is 0 Å². The minimum Gasteiger partial charge on any atom is -0.408 e. The fourth-order valence-corrected chi connectivity index (χ4v) is 4.76. The Bertz CT molecular complexity index is 601. The molecule has 0 radical (unpaired) electrons. The molecule has 0 spiro atoms. The maximum Gasteiger partial charge on any atom is 0.193 e. The molecule has 0 fully saturated rings. The van der Waals surface area contributed by atoms with Crippen molar-refractivity contribution in [2.24, 2.45) is 5.11 Å². The summed E-state index contributed by atoms with van der Waals surface area (Å²) in [6, 6.07) is 0. The highest BCUT2D eigenvalue weighted by Gasteiger charge is 2.45. The van der Waals surface area contributed by atoms with E-state index >= 15 is 0 Å². The molecule has 0 rings (SSSR count). The van der Waals surface area contributed by atoms with E-state index < -0.39 is 16.6 Å². The van der Waals surface area contributed by atoms with Gasteiger partial charge in [-0.25, -0.2) is 0 Å². The summed E-state index contributed by atoms with van der Waals surface area (Å²) in [5.74, 6) is 0. The maximum atomic E-state index is 8.59. The van der Waals surface area contributed by atoms with Gasteiger partial charge in [-0.1, -0.05) is 64.9 Å². The van der Waals surface area contributed by atoms with Gasteiger partial charge in [-0.3, -0.25) is 0 Å². The van der Waals surface area contributed by atoms with Crippen LogP contribution in [0.15, 0.2) is 29.9 Å². The number of nitrogens with zero attached hydrogens (tertiary/aromatic N) is 3. The van der Waals surface area contributed by atoms with Gasteiger partial charge in [0.2, 0.25) is 0 Å². The molecule has 29 heavy (non-hydrogen) atoms. The lowest BCUT2D eigenvalue weighted by atomic mass is 10.1. The quantitative estimate of drug-likeness (QED) is 0.116. The lowest BCUT2D eigenvalue weighted by molar-refractivity contribution is -0.0269. The first kappa shape index (κ1) is 28.1. The third-order valence-electron chi connectivity index (χ3n) is 6.20. The van der Waals surface area contributed by atoms with E-state index in [-0.39, 0.29) is 34.9 Å². The average molecular weight is 442 g/mol. The topological polar surface area (TPSA) is 76.5 Å². The van der Waals surface area contributed by atoms with Crippen LogP contribution >= 0.6 is 0 Å². The van der Waals surface area contributed by atoms with Crippen LogP contribution in [0, 0.1) is 0 Å². The number of methoxy groups -OCH3 is 1. The van der Waals surface area contributed by atoms with Crippen LogP contribution in [0.4, 0.5) is 0 Å². The van der Waals surface area contributed by atoms with E-state index in [4.69, 9.17) is 19.1 Å². The van der Waals surface area contributed by atoms with E-state index in [1.54, 1.807) is 13.2 Å². The third-order valence-corrected chi connectivity index (χ3v) is 15.1. The van der Waals surface area contributed by atoms with Crippen molar-refractivity contribution >= 4 is 16.6 Å². The van der Waals surface area contributed by atoms with Crippen LogP contribution in [0.2, 0.25) is 36.3 Å². The van der Waals surface area contributed by atoms with Gasteiger partial charge in [0.1, 0.15) is 12.2 Å². The molecule has 0 aliphatic heterocycles. The van der Waals surface area contributed by atoms with E-state index in [0.29, 0.717) is 0 Å². The monoisotopic (exact) mass is 441 g/mol. The Balaban J connectivity index is 6.21. The Kier molecular flexibility index (Phi) is 10.6. The van der Waals surface area contributed by atoms with Gasteiger partial charge in [-0.05, 0) is 41.8 Å². The number of ether oxygens (including phenoxy) is 1. The van der Waals surface area contributed by atoms with Crippen LogP contribution in [0.1, 0.15) is 41.5 Å². The highest BCUT2D eigenvalue weighted by molar-refractivity contribution is 6.74. The summed E-state index contributed by atoms with van der Waals surface area (Å²) < 4.78 is 19.3. The van der Waals surface area contributed by atoms with Gasteiger partial charge < -0.3 is 13.6 Å². The molecule has 6 nitrogen and oxygen atoms in total. The predicted octanol–water partition coefficient (Wildman–Crippen LogP) is 6.83. The van der Waals surface area contributed by atoms with Crippen molar-refractivity contribution in [2.75, 3.05) is 13.7 Å². The summed E-state index contributed by atoms with van der Waals surface area (Å²) >= 11 is 0. The zero-order valence-corrected chi connectivity index (χ0v) is 22.4. The molecule has 0 aromatic rings. The molecule has 0 aliphatic rings. The molecule has 0 aromatic carbocycles. The largest absolute Gasteiger partial charge is 0.408 e. The van der Waals surface area contributed by atoms with Crippen LogP contribution < -0.4 is 0 Å². The molecule has 8 heteroatoms. The van der Waals surface area contributed by atoms with Crippen molar-refractivity contribution in [3.8, 4) is 0 Å². The number of hydrogen-bond donors (Lipinski definition) is 0. The fourth-order valence-electron chi connectivity index (χ4n) is 2.21. The smallest absolute Gasteiger partial charge is 0.193 e. The van der Waals surface area contributed by atoms with Crippen molar-refractivity contribution in [1.29, 1.82) is 0 Å². The van der Waals surface area contributed by atoms with Crippen LogP contribution in [-0.2, 0) is 13.6 Å². The molecular weight excluding hydrogens is 398 g/mol. The van der Waals surface area contributed by atoms with E-state index in [1.165, 1.54) is 0 Å². The predicted molar refractivity (Wildman–Crippen MR) is 128 cm³/mol. The first-order valence-electron chi connectivity index (χ1n) is 10.2. The van der Waals surface area contributed by atoms with E-state index in [9.17, 15) is 0 Å². The normalized spacial score (nSPS) is 16.9. The van der Waals surface area contributed by atoms with Gasteiger partial charge >= 0.3 is 0 Å². The Labute approximate surface area is 180 Å². The summed E-state index contributed by atoms with van der Waals surface area (Å²) in [6.07, 6.45) is 4.60.